The molecule has 0 radical (unpaired) electrons. The van der Waals surface area contributed by atoms with Crippen molar-refractivity contribution in [2.45, 2.75) is 37.4 Å². The Labute approximate surface area is 121 Å². The van der Waals surface area contributed by atoms with Crippen LogP contribution in [0.2, 0.25) is 0 Å². The van der Waals surface area contributed by atoms with E-state index in [4.69, 9.17) is 0 Å². The summed E-state index contributed by atoms with van der Waals surface area (Å²) in [5, 5.41) is 0. The van der Waals surface area contributed by atoms with E-state index in [-0.39, 0.29) is 0 Å². The van der Waals surface area contributed by atoms with Crippen LogP contribution in [0, 0.1) is 0 Å². The van der Waals surface area contributed by atoms with Gasteiger partial charge < -0.3 is 0 Å². The Morgan fingerprint density at radius 1 is 1.10 bits per heavy atom. The fraction of sp³-hybridized carbons (Fsp3) is 0.412. The molecule has 2 aliphatic rings. The molecule has 0 amide bonds. The van der Waals surface area contributed by atoms with Crippen molar-refractivity contribution in [1.82, 2.24) is 0 Å². The number of hydrogen-bond donors (Lipinski definition) is 0. The highest BCUT2D eigenvalue weighted by atomic mass is 32.2. The van der Waals surface area contributed by atoms with E-state index in [1.165, 1.54) is 28.5 Å². The zero-order valence-corrected chi connectivity index (χ0v) is 12.8. The zero-order valence-electron chi connectivity index (χ0n) is 12.0. The quantitative estimate of drug-likeness (QED) is 0.795. The third-order valence-corrected chi connectivity index (χ3v) is 6.80. The lowest BCUT2D eigenvalue weighted by Gasteiger charge is -2.23. The smallest absolute Gasteiger partial charge is 0.156 e. The summed E-state index contributed by atoms with van der Waals surface area (Å²) in [7, 11) is -3.07. The van der Waals surface area contributed by atoms with Gasteiger partial charge in [0.1, 0.15) is 0 Å². The molecule has 0 saturated heterocycles. The molecular weight excluding hydrogens is 268 g/mol. The lowest BCUT2D eigenvalue weighted by molar-refractivity contribution is 0.554. The Hall–Kier alpha value is -1.35. The van der Waals surface area contributed by atoms with E-state index in [1.807, 2.05) is 13.0 Å². The Kier molecular flexibility index (Phi) is 3.13. The van der Waals surface area contributed by atoms with Crippen molar-refractivity contribution in [2.75, 3.05) is 6.26 Å². The Balaban J connectivity index is 1.95. The van der Waals surface area contributed by atoms with Crippen LogP contribution in [0.1, 0.15) is 30.9 Å². The van der Waals surface area contributed by atoms with Crippen LogP contribution < -0.4 is 0 Å². The van der Waals surface area contributed by atoms with Gasteiger partial charge in [-0.15, -0.1) is 0 Å². The van der Waals surface area contributed by atoms with Crippen LogP contribution in [0.4, 0.5) is 0 Å². The van der Waals surface area contributed by atoms with Gasteiger partial charge in [0.15, 0.2) is 9.84 Å². The van der Waals surface area contributed by atoms with Crippen molar-refractivity contribution in [3.63, 3.8) is 0 Å². The molecule has 1 unspecified atom stereocenters. The number of benzene rings is 1. The molecule has 3 heteroatoms. The first-order valence-electron chi connectivity index (χ1n) is 7.06. The van der Waals surface area contributed by atoms with Gasteiger partial charge in [-0.1, -0.05) is 42.0 Å². The molecule has 20 heavy (non-hydrogen) atoms. The second-order valence-corrected chi connectivity index (χ2v) is 8.65. The highest BCUT2D eigenvalue weighted by Gasteiger charge is 2.35. The number of rotatable bonds is 1. The van der Waals surface area contributed by atoms with E-state index < -0.39 is 14.6 Å². The van der Waals surface area contributed by atoms with Crippen molar-refractivity contribution in [3.05, 3.63) is 58.7 Å². The summed E-state index contributed by atoms with van der Waals surface area (Å²) in [6, 6.07) is 8.51. The van der Waals surface area contributed by atoms with Crippen molar-refractivity contribution in [2.24, 2.45) is 0 Å². The summed E-state index contributed by atoms with van der Waals surface area (Å²) < 4.78 is 23.3. The number of hydrogen-bond acceptors (Lipinski definition) is 2. The van der Waals surface area contributed by atoms with Crippen LogP contribution >= 0.6 is 0 Å². The van der Waals surface area contributed by atoms with Gasteiger partial charge >= 0.3 is 0 Å². The van der Waals surface area contributed by atoms with E-state index in [9.17, 15) is 8.42 Å². The number of allylic oxidation sites excluding steroid dienone is 3. The third kappa shape index (κ3) is 2.24. The summed E-state index contributed by atoms with van der Waals surface area (Å²) >= 11 is 0. The number of fused-ring (bicyclic) bond motifs is 1. The van der Waals surface area contributed by atoms with E-state index >= 15 is 0 Å². The molecule has 0 aromatic heterocycles. The summed E-state index contributed by atoms with van der Waals surface area (Å²) in [6.07, 6.45) is 8.76. The van der Waals surface area contributed by atoms with Crippen LogP contribution in [-0.4, -0.2) is 19.4 Å². The Morgan fingerprint density at radius 3 is 2.40 bits per heavy atom. The topological polar surface area (TPSA) is 34.1 Å². The predicted molar refractivity (Wildman–Crippen MR) is 82.5 cm³/mol. The van der Waals surface area contributed by atoms with Crippen LogP contribution in [0.25, 0.3) is 0 Å². The first-order chi connectivity index (χ1) is 9.39. The maximum absolute atomic E-state index is 12.0. The SMILES string of the molecule is CC1(S(C)(=O)=O)C=CC2=C(CC1)Cc1ccccc1C2. The molecule has 0 bridgehead atoms. The van der Waals surface area contributed by atoms with Crippen molar-refractivity contribution >= 4 is 9.84 Å². The molecule has 0 aliphatic heterocycles. The summed E-state index contributed by atoms with van der Waals surface area (Å²) in [6.45, 7) is 1.84. The normalized spacial score (nSPS) is 25.9. The molecule has 3 rings (SSSR count). The molecule has 0 N–H and O–H groups in total. The first-order valence-corrected chi connectivity index (χ1v) is 8.95. The zero-order chi connectivity index (χ0) is 14.4. The molecule has 0 fully saturated rings. The average molecular weight is 288 g/mol. The molecule has 1 aromatic carbocycles. The average Bonchev–Trinajstić information content (AvgIpc) is 2.57. The minimum absolute atomic E-state index is 0.684. The van der Waals surface area contributed by atoms with Crippen molar-refractivity contribution in [3.8, 4) is 0 Å². The fourth-order valence-electron chi connectivity index (χ4n) is 3.07. The van der Waals surface area contributed by atoms with Crippen LogP contribution in [0.15, 0.2) is 47.6 Å². The van der Waals surface area contributed by atoms with Gasteiger partial charge in [0.2, 0.25) is 0 Å². The molecular formula is C17H20O2S. The van der Waals surface area contributed by atoms with Gasteiger partial charge in [-0.3, -0.25) is 0 Å². The summed E-state index contributed by atoms with van der Waals surface area (Å²) in [4.78, 5) is 0. The molecule has 2 aliphatic carbocycles. The summed E-state index contributed by atoms with van der Waals surface area (Å²) in [5.74, 6) is 0. The van der Waals surface area contributed by atoms with E-state index in [1.54, 1.807) is 0 Å². The van der Waals surface area contributed by atoms with Gasteiger partial charge in [0.25, 0.3) is 0 Å². The van der Waals surface area contributed by atoms with Crippen LogP contribution in [0.3, 0.4) is 0 Å². The first kappa shape index (κ1) is 13.6. The Morgan fingerprint density at radius 2 is 1.75 bits per heavy atom. The van der Waals surface area contributed by atoms with Crippen LogP contribution in [-0.2, 0) is 22.7 Å². The minimum Gasteiger partial charge on any atom is -0.228 e. The maximum Gasteiger partial charge on any atom is 0.156 e. The summed E-state index contributed by atoms with van der Waals surface area (Å²) in [5.41, 5.74) is 5.49. The van der Waals surface area contributed by atoms with E-state index in [2.05, 4.69) is 30.3 Å². The molecule has 1 aromatic rings. The van der Waals surface area contributed by atoms with Gasteiger partial charge in [-0.2, -0.15) is 0 Å². The van der Waals surface area contributed by atoms with E-state index in [0.29, 0.717) is 6.42 Å². The van der Waals surface area contributed by atoms with Crippen molar-refractivity contribution < 1.29 is 8.42 Å². The van der Waals surface area contributed by atoms with Gasteiger partial charge in [0.05, 0.1) is 4.75 Å². The third-order valence-electron chi connectivity index (χ3n) is 4.76. The highest BCUT2D eigenvalue weighted by molar-refractivity contribution is 7.92. The lowest BCUT2D eigenvalue weighted by atomic mass is 9.85. The monoisotopic (exact) mass is 288 g/mol. The molecule has 106 valence electrons. The standard InChI is InChI=1S/C17H20O2S/c1-17(20(2,18)19)9-7-15-11-13-5-3-4-6-14(13)12-16(15)8-10-17/h3-7,9H,8,10-12H2,1-2H3. The van der Waals surface area contributed by atoms with E-state index in [0.717, 1.165) is 19.3 Å². The Bertz CT molecular complexity index is 710. The second kappa shape index (κ2) is 4.59. The largest absolute Gasteiger partial charge is 0.228 e. The second-order valence-electron chi connectivity index (χ2n) is 6.17. The van der Waals surface area contributed by atoms with Crippen LogP contribution in [0.5, 0.6) is 0 Å². The van der Waals surface area contributed by atoms with Gasteiger partial charge in [-0.05, 0) is 49.3 Å². The molecule has 0 heterocycles. The maximum atomic E-state index is 12.0. The van der Waals surface area contributed by atoms with Gasteiger partial charge in [-0.25, -0.2) is 8.42 Å². The lowest BCUT2D eigenvalue weighted by Crippen LogP contribution is -2.31. The van der Waals surface area contributed by atoms with Crippen molar-refractivity contribution in [1.29, 1.82) is 0 Å². The molecule has 0 spiro atoms. The minimum atomic E-state index is -3.07. The molecule has 0 saturated carbocycles. The van der Waals surface area contributed by atoms with Gasteiger partial charge in [0, 0.05) is 6.26 Å². The highest BCUT2D eigenvalue weighted by Crippen LogP contribution is 2.36. The molecule has 1 atom stereocenters. The predicted octanol–water partition coefficient (Wildman–Crippen LogP) is 3.24. The fourth-order valence-corrected chi connectivity index (χ4v) is 3.86. The molecule has 2 nitrogen and oxygen atoms in total. The number of sulfone groups is 1.